The number of hydrogen-bond acceptors (Lipinski definition) is 4. The Hall–Kier alpha value is -0.870. The summed E-state index contributed by atoms with van der Waals surface area (Å²) in [7, 11) is 1.46. The molecule has 0 aliphatic carbocycles. The highest BCUT2D eigenvalue weighted by Gasteiger charge is 2.32. The highest BCUT2D eigenvalue weighted by atomic mass is 32.2. The number of allylic oxidation sites excluding steroid dienone is 7. The lowest BCUT2D eigenvalue weighted by Crippen LogP contribution is -2.14. The molecule has 0 unspecified atom stereocenters. The van der Waals surface area contributed by atoms with Crippen molar-refractivity contribution in [3.8, 4) is 0 Å². The van der Waals surface area contributed by atoms with Crippen LogP contribution >= 0.6 is 23.5 Å². The monoisotopic (exact) mass is 408 g/mol. The summed E-state index contributed by atoms with van der Waals surface area (Å²) in [4.78, 5) is 11.3. The van der Waals surface area contributed by atoms with Crippen LogP contribution in [0.3, 0.4) is 0 Å². The molecule has 1 rings (SSSR count). The molecule has 1 aliphatic rings. The van der Waals surface area contributed by atoms with Crippen LogP contribution in [0.25, 0.3) is 0 Å². The maximum atomic E-state index is 11.3. The Bertz CT molecular complexity index is 501. The van der Waals surface area contributed by atoms with Crippen LogP contribution in [0.4, 0.5) is 0 Å². The van der Waals surface area contributed by atoms with Crippen molar-refractivity contribution in [1.29, 1.82) is 0 Å². The van der Waals surface area contributed by atoms with E-state index in [0.29, 0.717) is 6.42 Å². The van der Waals surface area contributed by atoms with Crippen LogP contribution < -0.4 is 0 Å². The van der Waals surface area contributed by atoms with Gasteiger partial charge in [-0.2, -0.15) is 0 Å². The Morgan fingerprint density at radius 1 is 0.963 bits per heavy atom. The predicted octanol–water partition coefficient (Wildman–Crippen LogP) is 7.09. The summed E-state index contributed by atoms with van der Waals surface area (Å²) >= 11 is 4.00. The molecule has 1 saturated heterocycles. The van der Waals surface area contributed by atoms with E-state index in [9.17, 15) is 4.79 Å². The Balaban J connectivity index is 2.23. The average Bonchev–Trinajstić information content (AvgIpc) is 3.14. The number of thioether (sulfide) groups is 2. The molecular weight excluding hydrogens is 372 g/mol. The molecule has 4 heteroatoms. The summed E-state index contributed by atoms with van der Waals surface area (Å²) in [6, 6.07) is 0. The van der Waals surface area contributed by atoms with Gasteiger partial charge in [-0.05, 0) is 38.5 Å². The summed E-state index contributed by atoms with van der Waals surface area (Å²) < 4.78 is 4.87. The number of carbonyl (C=O) groups excluding carboxylic acids is 1. The van der Waals surface area contributed by atoms with Gasteiger partial charge in [0.2, 0.25) is 0 Å². The van der Waals surface area contributed by atoms with E-state index in [4.69, 9.17) is 4.74 Å². The van der Waals surface area contributed by atoms with E-state index in [2.05, 4.69) is 55.5 Å². The molecule has 1 aliphatic heterocycles. The fourth-order valence-electron chi connectivity index (χ4n) is 2.81. The quantitative estimate of drug-likeness (QED) is 0.133. The average molecular weight is 409 g/mol. The lowest BCUT2D eigenvalue weighted by Gasteiger charge is -2.22. The Morgan fingerprint density at radius 2 is 1.67 bits per heavy atom. The van der Waals surface area contributed by atoms with Crippen LogP contribution in [-0.2, 0) is 9.53 Å². The number of esters is 1. The maximum absolute atomic E-state index is 11.3. The van der Waals surface area contributed by atoms with Crippen molar-refractivity contribution < 1.29 is 9.53 Å². The van der Waals surface area contributed by atoms with E-state index < -0.39 is 0 Å². The van der Waals surface area contributed by atoms with Crippen molar-refractivity contribution >= 4 is 29.5 Å². The molecule has 0 atom stereocenters. The van der Waals surface area contributed by atoms with Gasteiger partial charge in [0.05, 0.1) is 11.2 Å². The highest BCUT2D eigenvalue weighted by Crippen LogP contribution is 2.48. The predicted molar refractivity (Wildman–Crippen MR) is 123 cm³/mol. The smallest absolute Gasteiger partial charge is 0.305 e. The van der Waals surface area contributed by atoms with E-state index in [-0.39, 0.29) is 10.0 Å². The molecule has 0 bridgehead atoms. The minimum Gasteiger partial charge on any atom is -0.469 e. The topological polar surface area (TPSA) is 26.3 Å². The Morgan fingerprint density at radius 3 is 2.37 bits per heavy atom. The molecule has 0 spiro atoms. The van der Waals surface area contributed by atoms with Gasteiger partial charge in [0, 0.05) is 17.9 Å². The lowest BCUT2D eigenvalue weighted by atomic mass is 10.1. The number of rotatable bonds is 14. The first-order valence-corrected chi connectivity index (χ1v) is 12.2. The van der Waals surface area contributed by atoms with Gasteiger partial charge in [-0.1, -0.05) is 68.4 Å². The molecule has 0 N–H and O–H groups in total. The fraction of sp³-hybridized carbons (Fsp3) is 0.609. The molecule has 0 radical (unpaired) electrons. The first kappa shape index (κ1) is 24.2. The molecule has 0 amide bonds. The second kappa shape index (κ2) is 16.1. The van der Waals surface area contributed by atoms with E-state index >= 15 is 0 Å². The Labute approximate surface area is 175 Å². The zero-order chi connectivity index (χ0) is 19.6. The van der Waals surface area contributed by atoms with Crippen molar-refractivity contribution in [2.75, 3.05) is 18.6 Å². The molecule has 0 saturated carbocycles. The molecule has 0 aromatic carbocycles. The zero-order valence-corrected chi connectivity index (χ0v) is 18.7. The van der Waals surface area contributed by atoms with Gasteiger partial charge in [-0.3, -0.25) is 4.79 Å². The van der Waals surface area contributed by atoms with Crippen molar-refractivity contribution in [1.82, 2.24) is 0 Å². The molecule has 1 heterocycles. The molecule has 2 nitrogen and oxygen atoms in total. The van der Waals surface area contributed by atoms with Gasteiger partial charge in [0.25, 0.3) is 0 Å². The van der Waals surface area contributed by atoms with Gasteiger partial charge >= 0.3 is 5.97 Å². The SMILES string of the molecule is CCCCC/C=C\C/C=C\C/C=C\C=C\C1(CCCC(=O)OC)SCCS1. The van der Waals surface area contributed by atoms with Gasteiger partial charge in [0.1, 0.15) is 0 Å². The van der Waals surface area contributed by atoms with Crippen molar-refractivity contribution in [3.63, 3.8) is 0 Å². The first-order chi connectivity index (χ1) is 13.2. The maximum Gasteiger partial charge on any atom is 0.305 e. The van der Waals surface area contributed by atoms with Gasteiger partial charge < -0.3 is 4.74 Å². The summed E-state index contributed by atoms with van der Waals surface area (Å²) in [6.45, 7) is 2.24. The number of hydrogen-bond donors (Lipinski definition) is 0. The first-order valence-electron chi connectivity index (χ1n) is 10.2. The highest BCUT2D eigenvalue weighted by molar-refractivity contribution is 8.21. The van der Waals surface area contributed by atoms with E-state index in [1.807, 2.05) is 23.5 Å². The van der Waals surface area contributed by atoms with Crippen molar-refractivity contribution in [2.45, 2.75) is 68.8 Å². The normalized spacial score (nSPS) is 17.1. The van der Waals surface area contributed by atoms with Gasteiger partial charge in [-0.25, -0.2) is 0 Å². The lowest BCUT2D eigenvalue weighted by molar-refractivity contribution is -0.140. The third kappa shape index (κ3) is 12.2. The van der Waals surface area contributed by atoms with Crippen molar-refractivity contribution in [3.05, 3.63) is 48.6 Å². The molecule has 0 aromatic heterocycles. The third-order valence-corrected chi connectivity index (χ3v) is 7.80. The van der Waals surface area contributed by atoms with Gasteiger partial charge in [-0.15, -0.1) is 23.5 Å². The molecule has 152 valence electrons. The molecular formula is C23H36O2S2. The second-order valence-corrected chi connectivity index (χ2v) is 9.74. The fourth-order valence-corrected chi connectivity index (χ4v) is 5.93. The van der Waals surface area contributed by atoms with Crippen LogP contribution in [-0.4, -0.2) is 28.7 Å². The zero-order valence-electron chi connectivity index (χ0n) is 17.0. The summed E-state index contributed by atoms with van der Waals surface area (Å²) in [6.07, 6.45) is 27.4. The second-order valence-electron chi connectivity index (χ2n) is 6.64. The van der Waals surface area contributed by atoms with Crippen LogP contribution in [0.2, 0.25) is 0 Å². The van der Waals surface area contributed by atoms with E-state index in [1.165, 1.54) is 44.3 Å². The summed E-state index contributed by atoms with van der Waals surface area (Å²) in [5, 5.41) is 0. The van der Waals surface area contributed by atoms with Crippen LogP contribution in [0, 0.1) is 0 Å². The summed E-state index contributed by atoms with van der Waals surface area (Å²) in [5.74, 6) is 2.27. The van der Waals surface area contributed by atoms with Crippen LogP contribution in [0.1, 0.15) is 64.7 Å². The van der Waals surface area contributed by atoms with E-state index in [0.717, 1.165) is 25.7 Å². The van der Waals surface area contributed by atoms with E-state index in [1.54, 1.807) is 0 Å². The van der Waals surface area contributed by atoms with Crippen molar-refractivity contribution in [2.24, 2.45) is 0 Å². The molecule has 1 fully saturated rings. The van der Waals surface area contributed by atoms with Crippen LogP contribution in [0.15, 0.2) is 48.6 Å². The minimum atomic E-state index is -0.107. The summed E-state index contributed by atoms with van der Waals surface area (Å²) in [5.41, 5.74) is 0. The number of carbonyl (C=O) groups is 1. The minimum absolute atomic E-state index is 0.107. The molecule has 0 aromatic rings. The number of methoxy groups -OCH3 is 1. The largest absolute Gasteiger partial charge is 0.469 e. The third-order valence-electron chi connectivity index (χ3n) is 4.36. The van der Waals surface area contributed by atoms with Gasteiger partial charge in [0.15, 0.2) is 0 Å². The molecule has 27 heavy (non-hydrogen) atoms. The standard InChI is InChI=1S/C23H36O2S2/c1-3-4-5-6-7-8-9-10-11-12-13-14-15-18-23(26-20-21-27-23)19-16-17-22(24)25-2/h7-8,10-11,13-15,18H,3-6,9,12,16-17,19-21H2,1-2H3/b8-7-,11-10-,14-13-,18-15+. The number of unbranched alkanes of at least 4 members (excludes halogenated alkanes) is 3. The van der Waals surface area contributed by atoms with Crippen LogP contribution in [0.5, 0.6) is 0 Å². The Kier molecular flexibility index (Phi) is 14.4. The number of ether oxygens (including phenoxy) is 1.